The molecule has 1 aliphatic heterocycles. The van der Waals surface area contributed by atoms with Crippen molar-refractivity contribution in [2.75, 3.05) is 26.2 Å². The number of aryl methyl sites for hydroxylation is 1. The van der Waals surface area contributed by atoms with E-state index >= 15 is 0 Å². The lowest BCUT2D eigenvalue weighted by molar-refractivity contribution is -0.136. The number of aliphatic carboxylic acids is 1. The molecule has 4 N–H and O–H groups in total. The van der Waals surface area contributed by atoms with E-state index in [1.807, 2.05) is 6.07 Å². The number of hydrogen-bond acceptors (Lipinski definition) is 4. The number of amides is 2. The highest BCUT2D eigenvalue weighted by Crippen LogP contribution is 2.20. The Morgan fingerprint density at radius 2 is 1.45 bits per heavy atom. The Morgan fingerprint density at radius 1 is 0.848 bits per heavy atom. The smallest absolute Gasteiger partial charge is 0.305 e. The molecule has 1 aliphatic rings. The molecule has 1 heterocycles. The highest BCUT2D eigenvalue weighted by molar-refractivity contribution is 5.99. The normalized spacial score (nSPS) is 13.9. The van der Waals surface area contributed by atoms with Gasteiger partial charge in [-0.2, -0.15) is 0 Å². The van der Waals surface area contributed by atoms with Crippen LogP contribution < -0.4 is 16.0 Å². The molecule has 176 valence electrons. The summed E-state index contributed by atoms with van der Waals surface area (Å²) in [6.45, 7) is 2.78. The van der Waals surface area contributed by atoms with Crippen LogP contribution in [0.25, 0.3) is 0 Å². The molecule has 0 unspecified atom stereocenters. The van der Waals surface area contributed by atoms with Gasteiger partial charge in [-0.15, -0.1) is 0 Å². The second kappa shape index (κ2) is 12.7. The van der Waals surface area contributed by atoms with Crippen molar-refractivity contribution in [1.29, 1.82) is 0 Å². The number of benzene rings is 2. The molecular weight excluding hydrogens is 418 g/mol. The van der Waals surface area contributed by atoms with Crippen molar-refractivity contribution < 1.29 is 19.5 Å². The van der Waals surface area contributed by atoms with Gasteiger partial charge in [-0.25, -0.2) is 0 Å². The third kappa shape index (κ3) is 8.02. The molecule has 1 saturated heterocycles. The van der Waals surface area contributed by atoms with Gasteiger partial charge in [0.15, 0.2) is 0 Å². The first kappa shape index (κ1) is 24.5. The van der Waals surface area contributed by atoms with E-state index in [9.17, 15) is 14.4 Å². The minimum atomic E-state index is -0.976. The van der Waals surface area contributed by atoms with Crippen molar-refractivity contribution in [1.82, 2.24) is 16.0 Å². The fraction of sp³-hybridized carbons (Fsp3) is 0.423. The Morgan fingerprint density at radius 3 is 2.09 bits per heavy atom. The van der Waals surface area contributed by atoms with Gasteiger partial charge >= 0.3 is 5.97 Å². The van der Waals surface area contributed by atoms with E-state index in [2.05, 4.69) is 34.1 Å². The Bertz CT molecular complexity index is 954. The number of nitrogens with one attached hydrogen (secondary N) is 3. The maximum atomic E-state index is 12.6. The largest absolute Gasteiger partial charge is 0.481 e. The maximum absolute atomic E-state index is 12.6. The first-order chi connectivity index (χ1) is 16.0. The average molecular weight is 452 g/mol. The average Bonchev–Trinajstić information content (AvgIpc) is 2.84. The van der Waals surface area contributed by atoms with Gasteiger partial charge in [-0.3, -0.25) is 14.4 Å². The van der Waals surface area contributed by atoms with Gasteiger partial charge in [0.1, 0.15) is 0 Å². The number of rotatable bonds is 11. The molecule has 0 saturated carbocycles. The lowest BCUT2D eigenvalue weighted by atomic mass is 9.90. The third-order valence-corrected chi connectivity index (χ3v) is 6.09. The fourth-order valence-corrected chi connectivity index (χ4v) is 4.17. The predicted octanol–water partition coefficient (Wildman–Crippen LogP) is 2.80. The van der Waals surface area contributed by atoms with Crippen molar-refractivity contribution in [2.45, 2.75) is 38.5 Å². The summed E-state index contributed by atoms with van der Waals surface area (Å²) >= 11 is 0. The molecule has 0 spiro atoms. The molecule has 3 rings (SSSR count). The zero-order valence-corrected chi connectivity index (χ0v) is 18.9. The van der Waals surface area contributed by atoms with Gasteiger partial charge in [0.05, 0.1) is 6.42 Å². The van der Waals surface area contributed by atoms with Crippen LogP contribution >= 0.6 is 0 Å². The van der Waals surface area contributed by atoms with Crippen LogP contribution in [0.4, 0.5) is 0 Å². The highest BCUT2D eigenvalue weighted by Gasteiger charge is 2.14. The van der Waals surface area contributed by atoms with Crippen LogP contribution in [0.5, 0.6) is 0 Å². The van der Waals surface area contributed by atoms with Crippen molar-refractivity contribution in [3.63, 3.8) is 0 Å². The number of hydrogen-bond donors (Lipinski definition) is 4. The van der Waals surface area contributed by atoms with Gasteiger partial charge in [0, 0.05) is 24.2 Å². The molecule has 2 amide bonds. The first-order valence-electron chi connectivity index (χ1n) is 11.7. The van der Waals surface area contributed by atoms with Crippen LogP contribution in [0.2, 0.25) is 0 Å². The summed E-state index contributed by atoms with van der Waals surface area (Å²) < 4.78 is 0. The van der Waals surface area contributed by atoms with Crippen LogP contribution in [0.15, 0.2) is 48.5 Å². The highest BCUT2D eigenvalue weighted by atomic mass is 16.4. The fourth-order valence-electron chi connectivity index (χ4n) is 4.17. The molecule has 2 aromatic carbocycles. The van der Waals surface area contributed by atoms with Crippen molar-refractivity contribution >= 4 is 17.8 Å². The first-order valence-corrected chi connectivity index (χ1v) is 11.7. The van der Waals surface area contributed by atoms with E-state index in [0.29, 0.717) is 17.7 Å². The number of carboxylic acid groups (broad SMARTS) is 1. The van der Waals surface area contributed by atoms with E-state index in [1.54, 1.807) is 18.2 Å². The lowest BCUT2D eigenvalue weighted by Gasteiger charge is -2.23. The summed E-state index contributed by atoms with van der Waals surface area (Å²) in [6.07, 6.45) is 5.36. The second-order valence-corrected chi connectivity index (χ2v) is 8.49. The molecule has 0 atom stereocenters. The number of piperidine rings is 1. The summed E-state index contributed by atoms with van der Waals surface area (Å²) in [7, 11) is 0. The summed E-state index contributed by atoms with van der Waals surface area (Å²) in [4.78, 5) is 35.4. The summed E-state index contributed by atoms with van der Waals surface area (Å²) in [5.41, 5.74) is 3.35. The summed E-state index contributed by atoms with van der Waals surface area (Å²) in [5, 5.41) is 17.6. The number of carboxylic acids is 1. The van der Waals surface area contributed by atoms with E-state index < -0.39 is 11.9 Å². The molecule has 0 aromatic heterocycles. The standard InChI is InChI=1S/C26H33N3O4/c30-24(31)13-17-29-26(33)23-7-3-6-22(18-23)25(32)28-16-12-21-5-2-1-4-20(21)9-8-19-10-14-27-15-11-19/h1-7,18-19,27H,8-17H2,(H,28,32)(H,29,33)(H,30,31). The van der Waals surface area contributed by atoms with Crippen molar-refractivity contribution in [3.8, 4) is 0 Å². The molecular formula is C26H33N3O4. The van der Waals surface area contributed by atoms with Crippen LogP contribution in [-0.2, 0) is 17.6 Å². The van der Waals surface area contributed by atoms with E-state index in [1.165, 1.54) is 36.5 Å². The predicted molar refractivity (Wildman–Crippen MR) is 127 cm³/mol. The van der Waals surface area contributed by atoms with Gasteiger partial charge in [0.2, 0.25) is 0 Å². The molecule has 0 bridgehead atoms. The molecule has 7 nitrogen and oxygen atoms in total. The van der Waals surface area contributed by atoms with Crippen molar-refractivity contribution in [3.05, 3.63) is 70.8 Å². The Hall–Kier alpha value is -3.19. The van der Waals surface area contributed by atoms with Crippen LogP contribution in [0.3, 0.4) is 0 Å². The van der Waals surface area contributed by atoms with Crippen molar-refractivity contribution in [2.24, 2.45) is 5.92 Å². The van der Waals surface area contributed by atoms with E-state index in [0.717, 1.165) is 31.8 Å². The second-order valence-electron chi connectivity index (χ2n) is 8.49. The molecule has 33 heavy (non-hydrogen) atoms. The zero-order valence-electron chi connectivity index (χ0n) is 18.9. The monoisotopic (exact) mass is 451 g/mol. The summed E-state index contributed by atoms with van der Waals surface area (Å²) in [6, 6.07) is 14.9. The molecule has 2 aromatic rings. The Balaban J connectivity index is 1.49. The quantitative estimate of drug-likeness (QED) is 0.420. The van der Waals surface area contributed by atoms with E-state index in [4.69, 9.17) is 5.11 Å². The lowest BCUT2D eigenvalue weighted by Crippen LogP contribution is -2.28. The topological polar surface area (TPSA) is 108 Å². The Kier molecular flexibility index (Phi) is 9.44. The molecule has 0 aliphatic carbocycles. The number of carbonyl (C=O) groups is 3. The van der Waals surface area contributed by atoms with Gasteiger partial charge in [-0.05, 0) is 80.4 Å². The van der Waals surface area contributed by atoms with Gasteiger partial charge in [-0.1, -0.05) is 30.3 Å². The SMILES string of the molecule is O=C(O)CCNC(=O)c1cccc(C(=O)NCCc2ccccc2CCC2CCNCC2)c1. The third-order valence-electron chi connectivity index (χ3n) is 6.09. The van der Waals surface area contributed by atoms with Crippen LogP contribution in [0.1, 0.15) is 57.5 Å². The molecule has 0 radical (unpaired) electrons. The van der Waals surface area contributed by atoms with Gasteiger partial charge in [0.25, 0.3) is 11.8 Å². The Labute approximate surface area is 195 Å². The van der Waals surface area contributed by atoms with Crippen LogP contribution in [0, 0.1) is 5.92 Å². The minimum absolute atomic E-state index is 0.0433. The number of carbonyl (C=O) groups excluding carboxylic acids is 2. The van der Waals surface area contributed by atoms with Crippen LogP contribution in [-0.4, -0.2) is 49.1 Å². The molecule has 1 fully saturated rings. The van der Waals surface area contributed by atoms with Gasteiger partial charge < -0.3 is 21.1 Å². The molecule has 7 heteroatoms. The zero-order chi connectivity index (χ0) is 23.5. The minimum Gasteiger partial charge on any atom is -0.481 e. The summed E-state index contributed by atoms with van der Waals surface area (Å²) in [5.74, 6) is -0.820. The van der Waals surface area contributed by atoms with E-state index in [-0.39, 0.29) is 18.9 Å². The maximum Gasteiger partial charge on any atom is 0.305 e.